The molecule has 1 aliphatic rings. The number of aromatic nitrogens is 2. The van der Waals surface area contributed by atoms with Crippen LogP contribution >= 0.6 is 11.8 Å². The lowest BCUT2D eigenvalue weighted by atomic mass is 10.1. The number of rotatable bonds is 11. The number of hydrogen-bond donors (Lipinski definition) is 1. The summed E-state index contributed by atoms with van der Waals surface area (Å²) in [6.45, 7) is 6.89. The Labute approximate surface area is 195 Å². The SMILES string of the molecule is C=CCn1c(SCC(=O)CC(=O)OCC)nc2cc(C(=O)NCC3CCCO3)ccc2c1=O. The number of ketones is 1. The van der Waals surface area contributed by atoms with Gasteiger partial charge >= 0.3 is 5.97 Å². The zero-order chi connectivity index (χ0) is 23.8. The monoisotopic (exact) mass is 473 g/mol. The third kappa shape index (κ3) is 6.52. The molecule has 1 unspecified atom stereocenters. The number of thioether (sulfide) groups is 1. The molecule has 1 atom stereocenters. The molecule has 3 rings (SSSR count). The van der Waals surface area contributed by atoms with E-state index in [0.29, 0.717) is 34.8 Å². The number of carbonyl (C=O) groups excluding carboxylic acids is 3. The van der Waals surface area contributed by atoms with Gasteiger partial charge in [0.15, 0.2) is 10.9 Å². The van der Waals surface area contributed by atoms with Crippen molar-refractivity contribution in [2.75, 3.05) is 25.5 Å². The topological polar surface area (TPSA) is 117 Å². The van der Waals surface area contributed by atoms with Gasteiger partial charge in [0, 0.05) is 25.3 Å². The molecule has 1 aromatic carbocycles. The maximum absolute atomic E-state index is 13.0. The van der Waals surface area contributed by atoms with Gasteiger partial charge in [0.25, 0.3) is 11.5 Å². The molecule has 1 aromatic heterocycles. The van der Waals surface area contributed by atoms with Crippen molar-refractivity contribution in [2.45, 2.75) is 44.0 Å². The number of ether oxygens (including phenoxy) is 2. The summed E-state index contributed by atoms with van der Waals surface area (Å²) >= 11 is 1.06. The van der Waals surface area contributed by atoms with Crippen LogP contribution in [-0.2, 0) is 25.6 Å². The zero-order valence-corrected chi connectivity index (χ0v) is 19.3. The summed E-state index contributed by atoms with van der Waals surface area (Å²) in [5.74, 6) is -1.24. The van der Waals surface area contributed by atoms with E-state index in [4.69, 9.17) is 9.47 Å². The summed E-state index contributed by atoms with van der Waals surface area (Å²) in [5, 5.41) is 3.52. The van der Waals surface area contributed by atoms with E-state index in [1.54, 1.807) is 31.2 Å². The van der Waals surface area contributed by atoms with Crippen LogP contribution in [0.3, 0.4) is 0 Å². The minimum Gasteiger partial charge on any atom is -0.466 e. The quantitative estimate of drug-likeness (QED) is 0.173. The first-order chi connectivity index (χ1) is 15.9. The number of amides is 1. The molecule has 0 spiro atoms. The van der Waals surface area contributed by atoms with Crippen molar-refractivity contribution in [1.29, 1.82) is 0 Å². The molecule has 176 valence electrons. The van der Waals surface area contributed by atoms with Crippen molar-refractivity contribution in [3.8, 4) is 0 Å². The second-order valence-electron chi connectivity index (χ2n) is 7.48. The van der Waals surface area contributed by atoms with Gasteiger partial charge < -0.3 is 14.8 Å². The lowest BCUT2D eigenvalue weighted by Crippen LogP contribution is -2.31. The Balaban J connectivity index is 1.80. The molecule has 33 heavy (non-hydrogen) atoms. The van der Waals surface area contributed by atoms with Crippen molar-refractivity contribution in [3.63, 3.8) is 0 Å². The fourth-order valence-electron chi connectivity index (χ4n) is 3.43. The van der Waals surface area contributed by atoms with Crippen molar-refractivity contribution < 1.29 is 23.9 Å². The maximum atomic E-state index is 13.0. The van der Waals surface area contributed by atoms with Gasteiger partial charge in [-0.3, -0.25) is 23.7 Å². The van der Waals surface area contributed by atoms with E-state index < -0.39 is 5.97 Å². The molecule has 1 fully saturated rings. The minimum absolute atomic E-state index is 0.0220. The molecule has 0 saturated carbocycles. The molecular formula is C23H27N3O6S. The summed E-state index contributed by atoms with van der Waals surface area (Å²) in [5.41, 5.74) is 0.431. The standard InChI is InChI=1S/C23H27N3O6S/c1-3-9-26-22(30)18-8-7-15(21(29)24-13-17-6-5-10-32-17)11-19(18)25-23(26)33-14-16(27)12-20(28)31-4-2/h3,7-8,11,17H,1,4-6,9-10,12-14H2,2H3,(H,24,29). The van der Waals surface area contributed by atoms with Crippen molar-refractivity contribution in [2.24, 2.45) is 0 Å². The Morgan fingerprint density at radius 2 is 2.21 bits per heavy atom. The van der Waals surface area contributed by atoms with Crippen LogP contribution in [0.5, 0.6) is 0 Å². The molecule has 9 nitrogen and oxygen atoms in total. The van der Waals surface area contributed by atoms with Crippen LogP contribution in [-0.4, -0.2) is 58.8 Å². The smallest absolute Gasteiger partial charge is 0.313 e. The van der Waals surface area contributed by atoms with E-state index in [1.807, 2.05) is 0 Å². The Morgan fingerprint density at radius 3 is 2.91 bits per heavy atom. The third-order valence-corrected chi connectivity index (χ3v) is 6.05. The van der Waals surface area contributed by atoms with Gasteiger partial charge in [-0.15, -0.1) is 6.58 Å². The highest BCUT2D eigenvalue weighted by atomic mass is 32.2. The normalized spacial score (nSPS) is 15.4. The predicted octanol–water partition coefficient (Wildman–Crippen LogP) is 2.11. The molecule has 1 amide bonds. The van der Waals surface area contributed by atoms with Crippen molar-refractivity contribution >= 4 is 40.3 Å². The van der Waals surface area contributed by atoms with E-state index in [1.165, 1.54) is 4.57 Å². The molecule has 1 aliphatic heterocycles. The summed E-state index contributed by atoms with van der Waals surface area (Å²) in [7, 11) is 0. The van der Waals surface area contributed by atoms with Gasteiger partial charge in [0.1, 0.15) is 6.42 Å². The Hall–Kier alpha value is -2.98. The third-order valence-electron chi connectivity index (χ3n) is 5.02. The second kappa shape index (κ2) is 11.8. The Bertz CT molecular complexity index is 1110. The molecule has 0 bridgehead atoms. The van der Waals surface area contributed by atoms with E-state index in [0.717, 1.165) is 24.6 Å². The predicted molar refractivity (Wildman–Crippen MR) is 124 cm³/mol. The number of esters is 1. The number of benzene rings is 1. The molecular weight excluding hydrogens is 446 g/mol. The van der Waals surface area contributed by atoms with Crippen LogP contribution in [0.4, 0.5) is 0 Å². The average molecular weight is 474 g/mol. The van der Waals surface area contributed by atoms with E-state index in [-0.39, 0.29) is 48.7 Å². The summed E-state index contributed by atoms with van der Waals surface area (Å²) < 4.78 is 11.7. The average Bonchev–Trinajstić information content (AvgIpc) is 3.31. The van der Waals surface area contributed by atoms with Crippen LogP contribution in [0.2, 0.25) is 0 Å². The number of fused-ring (bicyclic) bond motifs is 1. The molecule has 1 N–H and O–H groups in total. The van der Waals surface area contributed by atoms with E-state index >= 15 is 0 Å². The molecule has 10 heteroatoms. The van der Waals surface area contributed by atoms with E-state index in [2.05, 4.69) is 16.9 Å². The Morgan fingerprint density at radius 1 is 1.39 bits per heavy atom. The fraction of sp³-hybridized carbons (Fsp3) is 0.435. The largest absolute Gasteiger partial charge is 0.466 e. The first-order valence-corrected chi connectivity index (χ1v) is 11.8. The van der Waals surface area contributed by atoms with Gasteiger partial charge in [0.05, 0.1) is 29.4 Å². The molecule has 1 saturated heterocycles. The number of Topliss-reactive ketones (excluding diaryl/α,β-unsaturated/α-hetero) is 1. The van der Waals surface area contributed by atoms with Crippen molar-refractivity contribution in [1.82, 2.24) is 14.9 Å². The zero-order valence-electron chi connectivity index (χ0n) is 18.5. The molecule has 2 heterocycles. The first-order valence-electron chi connectivity index (χ1n) is 10.8. The van der Waals surface area contributed by atoms with Gasteiger partial charge in [-0.1, -0.05) is 17.8 Å². The lowest BCUT2D eigenvalue weighted by molar-refractivity contribution is -0.145. The molecule has 2 aromatic rings. The molecule has 0 radical (unpaired) electrons. The maximum Gasteiger partial charge on any atom is 0.313 e. The summed E-state index contributed by atoms with van der Waals surface area (Å²) in [4.78, 5) is 53.8. The number of nitrogens with one attached hydrogen (secondary N) is 1. The van der Waals surface area contributed by atoms with Crippen LogP contribution in [0.25, 0.3) is 10.9 Å². The highest BCUT2D eigenvalue weighted by molar-refractivity contribution is 7.99. The van der Waals surface area contributed by atoms with Gasteiger partial charge in [-0.05, 0) is 38.0 Å². The number of allylic oxidation sites excluding steroid dienone is 1. The summed E-state index contributed by atoms with van der Waals surface area (Å²) in [6.07, 6.45) is 3.15. The van der Waals surface area contributed by atoms with Gasteiger partial charge in [-0.25, -0.2) is 4.98 Å². The number of nitrogens with zero attached hydrogens (tertiary/aromatic N) is 2. The number of carbonyl (C=O) groups is 3. The highest BCUT2D eigenvalue weighted by Crippen LogP contribution is 2.20. The first kappa shape index (κ1) is 24.7. The van der Waals surface area contributed by atoms with Crippen LogP contribution < -0.4 is 10.9 Å². The minimum atomic E-state index is -0.586. The fourth-order valence-corrected chi connectivity index (χ4v) is 4.29. The van der Waals surface area contributed by atoms with E-state index in [9.17, 15) is 19.2 Å². The van der Waals surface area contributed by atoms with Crippen LogP contribution in [0.1, 0.15) is 36.5 Å². The molecule has 0 aliphatic carbocycles. The van der Waals surface area contributed by atoms with Crippen LogP contribution in [0.15, 0.2) is 40.8 Å². The highest BCUT2D eigenvalue weighted by Gasteiger charge is 2.18. The second-order valence-corrected chi connectivity index (χ2v) is 8.43. The van der Waals surface area contributed by atoms with Gasteiger partial charge in [-0.2, -0.15) is 0 Å². The van der Waals surface area contributed by atoms with Gasteiger partial charge in [0.2, 0.25) is 0 Å². The van der Waals surface area contributed by atoms with Crippen LogP contribution in [0, 0.1) is 0 Å². The number of hydrogen-bond acceptors (Lipinski definition) is 8. The Kier molecular flexibility index (Phi) is 8.79. The van der Waals surface area contributed by atoms with Crippen molar-refractivity contribution in [3.05, 3.63) is 46.8 Å². The summed E-state index contributed by atoms with van der Waals surface area (Å²) in [6, 6.07) is 4.72. The lowest BCUT2D eigenvalue weighted by Gasteiger charge is -2.13.